The third kappa shape index (κ3) is 5.22. The highest BCUT2D eigenvalue weighted by Crippen LogP contribution is 2.39. The van der Waals surface area contributed by atoms with Gasteiger partial charge >= 0.3 is 0 Å². The van der Waals surface area contributed by atoms with Crippen molar-refractivity contribution in [1.29, 1.82) is 0 Å². The Bertz CT molecular complexity index is 1250. The summed E-state index contributed by atoms with van der Waals surface area (Å²) in [5.74, 6) is -0.411. The molecule has 1 aliphatic rings. The van der Waals surface area contributed by atoms with Gasteiger partial charge in [0.15, 0.2) is 0 Å². The summed E-state index contributed by atoms with van der Waals surface area (Å²) < 4.78 is 11.6. The zero-order chi connectivity index (χ0) is 24.9. The fourth-order valence-corrected chi connectivity index (χ4v) is 4.05. The monoisotopic (exact) mass is 493 g/mol. The maximum atomic E-state index is 13.2. The van der Waals surface area contributed by atoms with Gasteiger partial charge < -0.3 is 14.8 Å². The summed E-state index contributed by atoms with van der Waals surface area (Å²) in [6.45, 7) is 3.48. The van der Waals surface area contributed by atoms with Gasteiger partial charge in [0, 0.05) is 23.7 Å². The number of rotatable bonds is 8. The van der Waals surface area contributed by atoms with Crippen LogP contribution in [0.15, 0.2) is 72.8 Å². The van der Waals surface area contributed by atoms with Crippen molar-refractivity contribution in [3.8, 4) is 11.5 Å². The van der Waals surface area contributed by atoms with Crippen LogP contribution in [0, 0.1) is 0 Å². The van der Waals surface area contributed by atoms with Gasteiger partial charge in [-0.15, -0.1) is 0 Å². The first-order valence-corrected chi connectivity index (χ1v) is 11.4. The second kappa shape index (κ2) is 10.5. The highest BCUT2D eigenvalue weighted by atomic mass is 35.5. The quantitative estimate of drug-likeness (QED) is 0.454. The second-order valence-electron chi connectivity index (χ2n) is 7.79. The molecule has 3 aromatic carbocycles. The molecule has 8 nitrogen and oxygen atoms in total. The maximum Gasteiger partial charge on any atom is 0.285 e. The number of β-lactam (4-membered cyclic amide) rings is 1. The van der Waals surface area contributed by atoms with Crippen molar-refractivity contribution < 1.29 is 23.9 Å². The van der Waals surface area contributed by atoms with Crippen LogP contribution in [0.1, 0.15) is 35.8 Å². The Morgan fingerprint density at radius 1 is 1.03 bits per heavy atom. The standard InChI is InChI=1S/C26H24ClN3O5/c1-3-34-22-15-17(28-16(2)31)13-14-20(22)25(32)29-30-23(19-11-7-8-12-21(19)27)24(26(30)33)35-18-9-5-4-6-10-18/h4-15,23-24H,3H2,1-2H3,(H,28,31)(H,29,32)/t23-,24-/m0/s1. The lowest BCUT2D eigenvalue weighted by molar-refractivity contribution is -0.169. The number of hydrazine groups is 1. The molecule has 4 rings (SSSR count). The molecule has 2 atom stereocenters. The number of amides is 3. The van der Waals surface area contributed by atoms with Gasteiger partial charge in [-0.3, -0.25) is 19.8 Å². The number of ether oxygens (including phenoxy) is 2. The van der Waals surface area contributed by atoms with Gasteiger partial charge in [0.1, 0.15) is 17.5 Å². The van der Waals surface area contributed by atoms with Gasteiger partial charge in [-0.1, -0.05) is 48.0 Å². The van der Waals surface area contributed by atoms with Gasteiger partial charge in [-0.2, -0.15) is 0 Å². The fourth-order valence-electron chi connectivity index (χ4n) is 3.80. The lowest BCUT2D eigenvalue weighted by Gasteiger charge is -2.46. The Morgan fingerprint density at radius 3 is 2.43 bits per heavy atom. The molecule has 1 saturated heterocycles. The van der Waals surface area contributed by atoms with Crippen LogP contribution in [0.3, 0.4) is 0 Å². The van der Waals surface area contributed by atoms with E-state index in [1.165, 1.54) is 18.0 Å². The summed E-state index contributed by atoms with van der Waals surface area (Å²) in [6.07, 6.45) is -0.869. The zero-order valence-electron chi connectivity index (χ0n) is 19.2. The molecule has 3 amide bonds. The van der Waals surface area contributed by atoms with Crippen LogP contribution in [0.25, 0.3) is 0 Å². The minimum absolute atomic E-state index is 0.207. The minimum Gasteiger partial charge on any atom is -0.493 e. The Morgan fingerprint density at radius 2 is 1.74 bits per heavy atom. The van der Waals surface area contributed by atoms with Crippen molar-refractivity contribution in [2.75, 3.05) is 11.9 Å². The molecule has 0 spiro atoms. The van der Waals surface area contributed by atoms with Crippen molar-refractivity contribution in [3.63, 3.8) is 0 Å². The smallest absolute Gasteiger partial charge is 0.285 e. The van der Waals surface area contributed by atoms with Crippen molar-refractivity contribution >= 4 is 35.0 Å². The summed E-state index contributed by atoms with van der Waals surface area (Å²) in [5, 5.41) is 4.32. The summed E-state index contributed by atoms with van der Waals surface area (Å²) in [7, 11) is 0. The molecule has 3 aromatic rings. The number of halogens is 1. The molecule has 0 saturated carbocycles. The Labute approximate surface area is 207 Å². The van der Waals surface area contributed by atoms with Crippen molar-refractivity contribution in [1.82, 2.24) is 10.4 Å². The average Bonchev–Trinajstić information content (AvgIpc) is 2.84. The second-order valence-corrected chi connectivity index (χ2v) is 8.20. The molecule has 0 aliphatic carbocycles. The predicted molar refractivity (Wildman–Crippen MR) is 131 cm³/mol. The number of hydrogen-bond acceptors (Lipinski definition) is 5. The van der Waals surface area contributed by atoms with Crippen LogP contribution < -0.4 is 20.2 Å². The first-order valence-electron chi connectivity index (χ1n) is 11.0. The molecule has 0 aromatic heterocycles. The van der Waals surface area contributed by atoms with E-state index in [0.717, 1.165) is 0 Å². The van der Waals surface area contributed by atoms with Gasteiger partial charge in [-0.05, 0) is 42.8 Å². The molecule has 2 N–H and O–H groups in total. The molecule has 1 aliphatic heterocycles. The number of nitrogens with zero attached hydrogens (tertiary/aromatic N) is 1. The molecule has 9 heteroatoms. The van der Waals surface area contributed by atoms with Crippen LogP contribution in [0.2, 0.25) is 5.02 Å². The number of anilines is 1. The van der Waals surface area contributed by atoms with Crippen LogP contribution in [0.5, 0.6) is 11.5 Å². The summed E-state index contributed by atoms with van der Waals surface area (Å²) in [6, 6.07) is 20.1. The number of benzene rings is 3. The fraction of sp³-hybridized carbons (Fsp3) is 0.192. The Balaban J connectivity index is 1.61. The van der Waals surface area contributed by atoms with Crippen LogP contribution >= 0.6 is 11.6 Å². The number of carbonyl (C=O) groups excluding carboxylic acids is 3. The SMILES string of the molecule is CCOc1cc(NC(C)=O)ccc1C(=O)NN1C(=O)[C@@H](Oc2ccccc2)[C@@H]1c1ccccc1Cl. The molecule has 1 fully saturated rings. The van der Waals surface area contributed by atoms with Gasteiger partial charge in [0.2, 0.25) is 12.0 Å². The van der Waals surface area contributed by atoms with E-state index in [-0.39, 0.29) is 17.2 Å². The van der Waals surface area contributed by atoms with E-state index < -0.39 is 24.0 Å². The molecule has 0 unspecified atom stereocenters. The van der Waals surface area contributed by atoms with E-state index >= 15 is 0 Å². The van der Waals surface area contributed by atoms with E-state index in [1.54, 1.807) is 55.5 Å². The van der Waals surface area contributed by atoms with Crippen molar-refractivity contribution in [3.05, 3.63) is 88.9 Å². The highest BCUT2D eigenvalue weighted by Gasteiger charge is 2.52. The Hall–Kier alpha value is -4.04. The van der Waals surface area contributed by atoms with E-state index in [9.17, 15) is 14.4 Å². The van der Waals surface area contributed by atoms with E-state index in [1.807, 2.05) is 18.2 Å². The average molecular weight is 494 g/mol. The first-order chi connectivity index (χ1) is 16.9. The third-order valence-electron chi connectivity index (χ3n) is 5.34. The zero-order valence-corrected chi connectivity index (χ0v) is 19.9. The van der Waals surface area contributed by atoms with Gasteiger partial charge in [-0.25, -0.2) is 5.01 Å². The van der Waals surface area contributed by atoms with Crippen LogP contribution in [0.4, 0.5) is 5.69 Å². The number of carbonyl (C=O) groups is 3. The van der Waals surface area contributed by atoms with Crippen LogP contribution in [-0.2, 0) is 9.59 Å². The number of hydrogen-bond donors (Lipinski definition) is 2. The largest absolute Gasteiger partial charge is 0.493 e. The molecular formula is C26H24ClN3O5. The number of para-hydroxylation sites is 1. The summed E-state index contributed by atoms with van der Waals surface area (Å²) >= 11 is 6.43. The number of nitrogens with one attached hydrogen (secondary N) is 2. The van der Waals surface area contributed by atoms with Crippen LogP contribution in [-0.4, -0.2) is 35.4 Å². The molecular weight excluding hydrogens is 470 g/mol. The predicted octanol–water partition coefficient (Wildman–Crippen LogP) is 4.37. The lowest BCUT2D eigenvalue weighted by Crippen LogP contribution is -2.67. The van der Waals surface area contributed by atoms with Crippen molar-refractivity contribution in [2.24, 2.45) is 0 Å². The molecule has 35 heavy (non-hydrogen) atoms. The van der Waals surface area contributed by atoms with Crippen molar-refractivity contribution in [2.45, 2.75) is 26.0 Å². The topological polar surface area (TPSA) is 97.0 Å². The maximum absolute atomic E-state index is 13.2. The first kappa shape index (κ1) is 24.1. The summed E-state index contributed by atoms with van der Waals surface area (Å²) in [4.78, 5) is 37.7. The molecule has 1 heterocycles. The highest BCUT2D eigenvalue weighted by molar-refractivity contribution is 6.31. The van der Waals surface area contributed by atoms with E-state index in [0.29, 0.717) is 28.6 Å². The molecule has 0 bridgehead atoms. The molecule has 0 radical (unpaired) electrons. The minimum atomic E-state index is -0.869. The lowest BCUT2D eigenvalue weighted by atomic mass is 9.92. The summed E-state index contributed by atoms with van der Waals surface area (Å²) in [5.41, 5.74) is 4.01. The third-order valence-corrected chi connectivity index (χ3v) is 5.69. The van der Waals surface area contributed by atoms with Gasteiger partial charge in [0.25, 0.3) is 11.8 Å². The Kier molecular flexibility index (Phi) is 7.22. The van der Waals surface area contributed by atoms with Gasteiger partial charge in [0.05, 0.1) is 12.2 Å². The molecule has 180 valence electrons. The van der Waals surface area contributed by atoms with E-state index in [4.69, 9.17) is 21.1 Å². The van der Waals surface area contributed by atoms with E-state index in [2.05, 4.69) is 10.7 Å². The normalized spacial score (nSPS) is 16.8.